The molecule has 1 aromatic carbocycles. The highest BCUT2D eigenvalue weighted by molar-refractivity contribution is 5.35. The molecule has 0 amide bonds. The Morgan fingerprint density at radius 2 is 2.00 bits per heavy atom. The fourth-order valence-corrected chi connectivity index (χ4v) is 1.78. The maximum atomic E-state index is 9.81. The number of nitrogens with one attached hydrogen (secondary N) is 1. The Hall–Kier alpha value is -1.10. The minimum absolute atomic E-state index is 0.295. The Bertz CT molecular complexity index is 355. The second-order valence-electron chi connectivity index (χ2n) is 4.85. The van der Waals surface area contributed by atoms with Crippen LogP contribution in [0.2, 0.25) is 0 Å². The van der Waals surface area contributed by atoms with E-state index in [2.05, 4.69) is 25.2 Å². The van der Waals surface area contributed by atoms with Gasteiger partial charge in [-0.2, -0.15) is 0 Å². The molecule has 1 rings (SSSR count). The second kappa shape index (κ2) is 8.91. The Balaban J connectivity index is 2.35. The lowest BCUT2D eigenvalue weighted by Crippen LogP contribution is -2.33. The topological polar surface area (TPSA) is 50.7 Å². The summed E-state index contributed by atoms with van der Waals surface area (Å²) in [4.78, 5) is 0. The zero-order valence-corrected chi connectivity index (χ0v) is 12.1. The molecule has 0 saturated carbocycles. The minimum Gasteiger partial charge on any atom is -0.491 e. The summed E-state index contributed by atoms with van der Waals surface area (Å²) in [5.41, 5.74) is 1.17. The molecule has 1 aromatic rings. The fraction of sp³-hybridized carbons (Fsp3) is 0.600. The Labute approximate surface area is 115 Å². The lowest BCUT2D eigenvalue weighted by atomic mass is 10.0. The molecule has 0 aromatic heterocycles. The normalized spacial score (nSPS) is 12.7. The molecule has 0 fully saturated rings. The van der Waals surface area contributed by atoms with Gasteiger partial charge in [-0.25, -0.2) is 0 Å². The van der Waals surface area contributed by atoms with Crippen molar-refractivity contribution in [2.24, 2.45) is 0 Å². The summed E-state index contributed by atoms with van der Waals surface area (Å²) >= 11 is 0. The lowest BCUT2D eigenvalue weighted by molar-refractivity contribution is 0.103. The number of benzene rings is 1. The van der Waals surface area contributed by atoms with Gasteiger partial charge in [0, 0.05) is 20.2 Å². The van der Waals surface area contributed by atoms with Crippen LogP contribution >= 0.6 is 0 Å². The van der Waals surface area contributed by atoms with Crippen LogP contribution in [0.4, 0.5) is 0 Å². The van der Waals surface area contributed by atoms with Crippen LogP contribution in [0, 0.1) is 0 Å². The molecule has 0 unspecified atom stereocenters. The summed E-state index contributed by atoms with van der Waals surface area (Å²) < 4.78 is 10.6. The van der Waals surface area contributed by atoms with E-state index in [9.17, 15) is 5.11 Å². The first-order valence-electron chi connectivity index (χ1n) is 6.74. The van der Waals surface area contributed by atoms with Crippen molar-refractivity contribution in [1.29, 1.82) is 0 Å². The van der Waals surface area contributed by atoms with E-state index in [4.69, 9.17) is 9.47 Å². The van der Waals surface area contributed by atoms with E-state index < -0.39 is 6.10 Å². The Morgan fingerprint density at radius 3 is 2.68 bits per heavy atom. The van der Waals surface area contributed by atoms with Crippen LogP contribution in [0.1, 0.15) is 25.3 Å². The van der Waals surface area contributed by atoms with E-state index in [1.54, 1.807) is 7.11 Å². The third-order valence-electron chi connectivity index (χ3n) is 2.84. The summed E-state index contributed by atoms with van der Waals surface area (Å²) in [6, 6.07) is 7.96. The molecule has 108 valence electrons. The van der Waals surface area contributed by atoms with Crippen molar-refractivity contribution in [3.05, 3.63) is 29.8 Å². The van der Waals surface area contributed by atoms with E-state index in [-0.39, 0.29) is 0 Å². The van der Waals surface area contributed by atoms with Gasteiger partial charge >= 0.3 is 0 Å². The molecule has 0 aliphatic carbocycles. The van der Waals surface area contributed by atoms with Crippen LogP contribution < -0.4 is 10.1 Å². The van der Waals surface area contributed by atoms with Gasteiger partial charge in [0.1, 0.15) is 18.5 Å². The first kappa shape index (κ1) is 16.0. The number of methoxy groups -OCH3 is 1. The summed E-state index contributed by atoms with van der Waals surface area (Å²) in [5, 5.41) is 12.9. The number of rotatable bonds is 9. The second-order valence-corrected chi connectivity index (χ2v) is 4.85. The van der Waals surface area contributed by atoms with Crippen molar-refractivity contribution in [3.63, 3.8) is 0 Å². The van der Waals surface area contributed by atoms with Crippen molar-refractivity contribution in [1.82, 2.24) is 5.32 Å². The molecule has 0 aliphatic heterocycles. The van der Waals surface area contributed by atoms with Crippen molar-refractivity contribution in [3.8, 4) is 5.75 Å². The van der Waals surface area contributed by atoms with Crippen LogP contribution in [-0.4, -0.2) is 44.6 Å². The van der Waals surface area contributed by atoms with E-state index >= 15 is 0 Å². The zero-order valence-electron chi connectivity index (χ0n) is 12.1. The van der Waals surface area contributed by atoms with Gasteiger partial charge in [0.15, 0.2) is 0 Å². The molecular weight excluding hydrogens is 242 g/mol. The molecule has 0 radical (unpaired) electrons. The van der Waals surface area contributed by atoms with Gasteiger partial charge in [-0.15, -0.1) is 0 Å². The number of aliphatic hydroxyl groups excluding tert-OH is 1. The van der Waals surface area contributed by atoms with E-state index in [1.165, 1.54) is 5.56 Å². The monoisotopic (exact) mass is 267 g/mol. The Morgan fingerprint density at radius 1 is 1.26 bits per heavy atom. The number of hydrogen-bond acceptors (Lipinski definition) is 4. The van der Waals surface area contributed by atoms with E-state index in [0.29, 0.717) is 25.7 Å². The lowest BCUT2D eigenvalue weighted by Gasteiger charge is -2.16. The largest absolute Gasteiger partial charge is 0.491 e. The highest BCUT2D eigenvalue weighted by atomic mass is 16.5. The summed E-state index contributed by atoms with van der Waals surface area (Å²) in [5.74, 6) is 1.27. The van der Waals surface area contributed by atoms with Crippen LogP contribution in [0.5, 0.6) is 5.75 Å². The van der Waals surface area contributed by atoms with Crippen LogP contribution in [0.25, 0.3) is 0 Å². The van der Waals surface area contributed by atoms with Crippen molar-refractivity contribution in [2.45, 2.75) is 25.9 Å². The summed E-state index contributed by atoms with van der Waals surface area (Å²) in [6.45, 7) is 6.44. The van der Waals surface area contributed by atoms with Crippen LogP contribution in [-0.2, 0) is 4.74 Å². The fourth-order valence-electron chi connectivity index (χ4n) is 1.78. The maximum Gasteiger partial charge on any atom is 0.122 e. The molecule has 2 N–H and O–H groups in total. The molecule has 4 heteroatoms. The quantitative estimate of drug-likeness (QED) is 0.670. The molecular formula is C15H25NO3. The Kier molecular flexibility index (Phi) is 7.48. The molecule has 19 heavy (non-hydrogen) atoms. The zero-order chi connectivity index (χ0) is 14.1. The predicted molar refractivity (Wildman–Crippen MR) is 76.8 cm³/mol. The predicted octanol–water partition coefficient (Wildman–Crippen LogP) is 1.79. The van der Waals surface area contributed by atoms with Gasteiger partial charge in [0.25, 0.3) is 0 Å². The number of hydrogen-bond donors (Lipinski definition) is 2. The molecule has 1 atom stereocenters. The van der Waals surface area contributed by atoms with E-state index in [0.717, 1.165) is 12.3 Å². The van der Waals surface area contributed by atoms with E-state index in [1.807, 2.05) is 18.2 Å². The van der Waals surface area contributed by atoms with Gasteiger partial charge in [-0.05, 0) is 17.5 Å². The standard InChI is InChI=1S/C15H25NO3/c1-12(2)14-6-4-5-7-15(14)19-11-13(17)10-16-8-9-18-3/h4-7,12-13,16-17H,8-11H2,1-3H3/t13-/m1/s1. The van der Waals surface area contributed by atoms with Gasteiger partial charge in [-0.1, -0.05) is 32.0 Å². The van der Waals surface area contributed by atoms with Gasteiger partial charge in [0.2, 0.25) is 0 Å². The maximum absolute atomic E-state index is 9.81. The van der Waals surface area contributed by atoms with Crippen LogP contribution in [0.15, 0.2) is 24.3 Å². The average molecular weight is 267 g/mol. The first-order chi connectivity index (χ1) is 9.15. The van der Waals surface area contributed by atoms with Crippen molar-refractivity contribution >= 4 is 0 Å². The third kappa shape index (κ3) is 6.05. The molecule has 0 saturated heterocycles. The number of aliphatic hydroxyl groups is 1. The number of para-hydroxylation sites is 1. The SMILES string of the molecule is COCCNC[C@@H](O)COc1ccccc1C(C)C. The highest BCUT2D eigenvalue weighted by Crippen LogP contribution is 2.25. The smallest absolute Gasteiger partial charge is 0.122 e. The molecule has 0 spiro atoms. The molecule has 0 bridgehead atoms. The third-order valence-corrected chi connectivity index (χ3v) is 2.84. The van der Waals surface area contributed by atoms with Crippen molar-refractivity contribution in [2.75, 3.05) is 33.4 Å². The number of ether oxygens (including phenoxy) is 2. The minimum atomic E-state index is -0.517. The average Bonchev–Trinajstić information content (AvgIpc) is 2.41. The highest BCUT2D eigenvalue weighted by Gasteiger charge is 2.09. The molecule has 4 nitrogen and oxygen atoms in total. The summed E-state index contributed by atoms with van der Waals surface area (Å²) in [7, 11) is 1.66. The van der Waals surface area contributed by atoms with Gasteiger partial charge < -0.3 is 19.9 Å². The molecule has 0 heterocycles. The summed E-state index contributed by atoms with van der Waals surface area (Å²) in [6.07, 6.45) is -0.517. The van der Waals surface area contributed by atoms with Gasteiger partial charge in [-0.3, -0.25) is 0 Å². The van der Waals surface area contributed by atoms with Crippen molar-refractivity contribution < 1.29 is 14.6 Å². The van der Waals surface area contributed by atoms with Crippen LogP contribution in [0.3, 0.4) is 0 Å². The molecule has 0 aliphatic rings. The first-order valence-corrected chi connectivity index (χ1v) is 6.74. The van der Waals surface area contributed by atoms with Gasteiger partial charge in [0.05, 0.1) is 6.61 Å².